The molecular weight excluding hydrogens is 336 g/mol. The number of benzene rings is 1. The SMILES string of the molecule is COc1cc(NC(C)=O)c(Cl)cc1S(=O)(=O)NC(C)C(=O)O. The molecule has 122 valence electrons. The minimum absolute atomic E-state index is 0.0284. The highest BCUT2D eigenvalue weighted by Gasteiger charge is 2.26. The molecule has 0 heterocycles. The van der Waals surface area contributed by atoms with Crippen LogP contribution in [-0.4, -0.2) is 38.6 Å². The number of anilines is 1. The van der Waals surface area contributed by atoms with Crippen LogP contribution in [0.4, 0.5) is 5.69 Å². The number of ether oxygens (including phenoxy) is 1. The van der Waals surface area contributed by atoms with Gasteiger partial charge in [0, 0.05) is 13.0 Å². The summed E-state index contributed by atoms with van der Waals surface area (Å²) < 4.78 is 31.4. The number of sulfonamides is 1. The summed E-state index contributed by atoms with van der Waals surface area (Å²) in [5.74, 6) is -1.81. The van der Waals surface area contributed by atoms with Crippen molar-refractivity contribution >= 4 is 39.2 Å². The first kappa shape index (κ1) is 18.2. The molecule has 0 radical (unpaired) electrons. The molecular formula is C12H15ClN2O6S. The molecule has 22 heavy (non-hydrogen) atoms. The number of carboxylic acid groups (broad SMARTS) is 1. The van der Waals surface area contributed by atoms with E-state index in [0.29, 0.717) is 0 Å². The Labute approximate surface area is 132 Å². The Kier molecular flexibility index (Phi) is 5.75. The quantitative estimate of drug-likeness (QED) is 0.705. The van der Waals surface area contributed by atoms with Gasteiger partial charge in [-0.1, -0.05) is 11.6 Å². The van der Waals surface area contributed by atoms with E-state index in [0.717, 1.165) is 6.07 Å². The van der Waals surface area contributed by atoms with Crippen LogP contribution >= 0.6 is 11.6 Å². The van der Waals surface area contributed by atoms with E-state index >= 15 is 0 Å². The first-order chi connectivity index (χ1) is 10.1. The van der Waals surface area contributed by atoms with E-state index in [4.69, 9.17) is 21.4 Å². The van der Waals surface area contributed by atoms with Gasteiger partial charge in [0.15, 0.2) is 0 Å². The smallest absolute Gasteiger partial charge is 0.321 e. The zero-order valence-electron chi connectivity index (χ0n) is 12.0. The van der Waals surface area contributed by atoms with E-state index in [1.807, 2.05) is 4.72 Å². The molecule has 10 heteroatoms. The van der Waals surface area contributed by atoms with Crippen molar-refractivity contribution in [2.75, 3.05) is 12.4 Å². The Morgan fingerprint density at radius 3 is 2.41 bits per heavy atom. The van der Waals surface area contributed by atoms with Crippen LogP contribution in [-0.2, 0) is 19.6 Å². The Hall–Kier alpha value is -1.84. The van der Waals surface area contributed by atoms with Crippen molar-refractivity contribution in [3.63, 3.8) is 0 Å². The van der Waals surface area contributed by atoms with Crippen LogP contribution in [0.5, 0.6) is 5.75 Å². The number of aliphatic carboxylic acids is 1. The zero-order chi connectivity index (χ0) is 17.1. The lowest BCUT2D eigenvalue weighted by Crippen LogP contribution is -2.38. The lowest BCUT2D eigenvalue weighted by molar-refractivity contribution is -0.138. The van der Waals surface area contributed by atoms with Crippen molar-refractivity contribution in [3.05, 3.63) is 17.2 Å². The van der Waals surface area contributed by atoms with Crippen LogP contribution in [0.1, 0.15) is 13.8 Å². The Morgan fingerprint density at radius 2 is 1.95 bits per heavy atom. The van der Waals surface area contributed by atoms with Gasteiger partial charge in [-0.15, -0.1) is 0 Å². The minimum Gasteiger partial charge on any atom is -0.495 e. The molecule has 0 aliphatic heterocycles. The Morgan fingerprint density at radius 1 is 1.36 bits per heavy atom. The van der Waals surface area contributed by atoms with Gasteiger partial charge >= 0.3 is 5.97 Å². The number of amides is 1. The van der Waals surface area contributed by atoms with Gasteiger partial charge in [0.05, 0.1) is 17.8 Å². The number of methoxy groups -OCH3 is 1. The summed E-state index contributed by atoms with van der Waals surface area (Å²) in [4.78, 5) is 21.5. The van der Waals surface area contributed by atoms with Gasteiger partial charge in [-0.05, 0) is 13.0 Å². The summed E-state index contributed by atoms with van der Waals surface area (Å²) in [6.45, 7) is 2.45. The minimum atomic E-state index is -4.17. The van der Waals surface area contributed by atoms with E-state index in [1.54, 1.807) is 0 Å². The molecule has 1 aromatic rings. The predicted octanol–water partition coefficient (Wildman–Crippen LogP) is 1.06. The first-order valence-corrected chi connectivity index (χ1v) is 7.85. The van der Waals surface area contributed by atoms with Crippen LogP contribution < -0.4 is 14.8 Å². The number of rotatable bonds is 6. The van der Waals surface area contributed by atoms with E-state index in [9.17, 15) is 18.0 Å². The van der Waals surface area contributed by atoms with Crippen LogP contribution in [0.25, 0.3) is 0 Å². The van der Waals surface area contributed by atoms with Crippen LogP contribution in [0, 0.1) is 0 Å². The molecule has 0 bridgehead atoms. The number of nitrogens with one attached hydrogen (secondary N) is 2. The molecule has 0 aliphatic rings. The summed E-state index contributed by atoms with van der Waals surface area (Å²) in [5.41, 5.74) is 0.177. The van der Waals surface area contributed by atoms with Gasteiger partial charge in [-0.3, -0.25) is 9.59 Å². The molecule has 0 spiro atoms. The standard InChI is InChI=1S/C12H15ClN2O6S/c1-6(12(17)18)15-22(19,20)11-4-8(13)9(14-7(2)16)5-10(11)21-3/h4-6,15H,1-3H3,(H,14,16)(H,17,18). The molecule has 0 aliphatic carbocycles. The van der Waals surface area contributed by atoms with E-state index in [-0.39, 0.29) is 21.4 Å². The molecule has 0 aromatic heterocycles. The van der Waals surface area contributed by atoms with Crippen LogP contribution in [0.2, 0.25) is 5.02 Å². The summed E-state index contributed by atoms with van der Waals surface area (Å²) >= 11 is 5.93. The van der Waals surface area contributed by atoms with Crippen molar-refractivity contribution in [1.82, 2.24) is 4.72 Å². The van der Waals surface area contributed by atoms with Crippen LogP contribution in [0.3, 0.4) is 0 Å². The summed E-state index contributed by atoms with van der Waals surface area (Å²) in [7, 11) is -2.93. The Balaban J connectivity index is 3.32. The number of hydrogen-bond acceptors (Lipinski definition) is 5. The average molecular weight is 351 g/mol. The van der Waals surface area contributed by atoms with Crippen molar-refractivity contribution < 1.29 is 27.9 Å². The van der Waals surface area contributed by atoms with Crippen LogP contribution in [0.15, 0.2) is 17.0 Å². The predicted molar refractivity (Wildman–Crippen MR) is 79.7 cm³/mol. The number of halogens is 1. The zero-order valence-corrected chi connectivity index (χ0v) is 13.6. The summed E-state index contributed by atoms with van der Waals surface area (Å²) in [6, 6.07) is 0.982. The van der Waals surface area contributed by atoms with Gasteiger partial charge < -0.3 is 15.2 Å². The first-order valence-electron chi connectivity index (χ1n) is 5.98. The molecule has 8 nitrogen and oxygen atoms in total. The molecule has 1 unspecified atom stereocenters. The highest BCUT2D eigenvalue weighted by Crippen LogP contribution is 2.33. The maximum Gasteiger partial charge on any atom is 0.321 e. The van der Waals surface area contributed by atoms with E-state index in [1.165, 1.54) is 27.0 Å². The maximum absolute atomic E-state index is 12.2. The van der Waals surface area contributed by atoms with E-state index < -0.39 is 27.9 Å². The molecule has 0 fully saturated rings. The normalized spacial score (nSPS) is 12.5. The van der Waals surface area contributed by atoms with Gasteiger partial charge in [0.2, 0.25) is 15.9 Å². The summed E-state index contributed by atoms with van der Waals surface area (Å²) in [5, 5.41) is 11.2. The number of hydrogen-bond donors (Lipinski definition) is 3. The lowest BCUT2D eigenvalue weighted by atomic mass is 10.3. The van der Waals surface area contributed by atoms with Crippen molar-refractivity contribution in [2.45, 2.75) is 24.8 Å². The van der Waals surface area contributed by atoms with Crippen molar-refractivity contribution in [3.8, 4) is 5.75 Å². The number of carbonyl (C=O) groups excluding carboxylic acids is 1. The van der Waals surface area contributed by atoms with Gasteiger partial charge in [0.1, 0.15) is 16.7 Å². The molecule has 0 saturated carbocycles. The summed E-state index contributed by atoms with van der Waals surface area (Å²) in [6.07, 6.45) is 0. The third-order valence-corrected chi connectivity index (χ3v) is 4.43. The largest absolute Gasteiger partial charge is 0.495 e. The van der Waals surface area contributed by atoms with Gasteiger partial charge in [-0.25, -0.2) is 8.42 Å². The molecule has 1 rings (SSSR count). The second kappa shape index (κ2) is 6.95. The third-order valence-electron chi connectivity index (χ3n) is 2.56. The third kappa shape index (κ3) is 4.33. The number of carbonyl (C=O) groups is 2. The fraction of sp³-hybridized carbons (Fsp3) is 0.333. The van der Waals surface area contributed by atoms with Gasteiger partial charge in [0.25, 0.3) is 0 Å². The molecule has 1 aromatic carbocycles. The Bertz CT molecular complexity index is 704. The van der Waals surface area contributed by atoms with E-state index in [2.05, 4.69) is 5.32 Å². The van der Waals surface area contributed by atoms with Crippen molar-refractivity contribution in [1.29, 1.82) is 0 Å². The fourth-order valence-electron chi connectivity index (χ4n) is 1.54. The number of carboxylic acids is 1. The second-order valence-electron chi connectivity index (χ2n) is 4.35. The average Bonchev–Trinajstić information content (AvgIpc) is 2.39. The highest BCUT2D eigenvalue weighted by molar-refractivity contribution is 7.89. The lowest BCUT2D eigenvalue weighted by Gasteiger charge is -2.15. The van der Waals surface area contributed by atoms with Gasteiger partial charge in [-0.2, -0.15) is 4.72 Å². The monoisotopic (exact) mass is 350 g/mol. The molecule has 1 amide bonds. The van der Waals surface area contributed by atoms with Crippen molar-refractivity contribution in [2.24, 2.45) is 0 Å². The highest BCUT2D eigenvalue weighted by atomic mass is 35.5. The topological polar surface area (TPSA) is 122 Å². The molecule has 0 saturated heterocycles. The maximum atomic E-state index is 12.2. The second-order valence-corrected chi connectivity index (χ2v) is 6.43. The fourth-order valence-corrected chi connectivity index (χ4v) is 3.19. The molecule has 1 atom stereocenters. The molecule has 3 N–H and O–H groups in total.